The molecule has 0 saturated carbocycles. The van der Waals surface area contributed by atoms with Gasteiger partial charge in [0.15, 0.2) is 0 Å². The molecule has 1 heterocycles. The van der Waals surface area contributed by atoms with Gasteiger partial charge in [-0.1, -0.05) is 23.0 Å². The van der Waals surface area contributed by atoms with Gasteiger partial charge in [-0.15, -0.1) is 0 Å². The molecule has 1 amide bonds. The van der Waals surface area contributed by atoms with E-state index in [1.807, 2.05) is 0 Å². The molecular formula is C11H6N4O2. The van der Waals surface area contributed by atoms with Crippen LogP contribution in [-0.4, -0.2) is 18.2 Å². The summed E-state index contributed by atoms with van der Waals surface area (Å²) in [6, 6.07) is 4.96. The second-order valence-electron chi connectivity index (χ2n) is 3.20. The number of carbonyl (C=O) groups is 2. The van der Waals surface area contributed by atoms with E-state index < -0.39 is 11.7 Å². The van der Waals surface area contributed by atoms with Crippen molar-refractivity contribution in [2.24, 2.45) is 5.11 Å². The third-order valence-electron chi connectivity index (χ3n) is 2.18. The number of nitrogens with one attached hydrogen (secondary N) is 1. The smallest absolute Gasteiger partial charge is 0.296 e. The molecule has 0 atom stereocenters. The number of rotatable bonds is 1. The second kappa shape index (κ2) is 4.39. The maximum absolute atomic E-state index is 11.5. The molecule has 6 heteroatoms. The number of ketones is 1. The van der Waals surface area contributed by atoms with E-state index in [0.717, 1.165) is 0 Å². The fourth-order valence-electron chi connectivity index (χ4n) is 1.50. The third kappa shape index (κ3) is 1.95. The van der Waals surface area contributed by atoms with Crippen molar-refractivity contribution in [3.8, 4) is 11.8 Å². The van der Waals surface area contributed by atoms with Gasteiger partial charge in [0.1, 0.15) is 0 Å². The third-order valence-corrected chi connectivity index (χ3v) is 2.18. The molecule has 0 aromatic heterocycles. The van der Waals surface area contributed by atoms with Crippen LogP contribution in [-0.2, 0) is 4.79 Å². The first kappa shape index (κ1) is 10.7. The van der Waals surface area contributed by atoms with E-state index in [-0.39, 0.29) is 12.1 Å². The summed E-state index contributed by atoms with van der Waals surface area (Å²) >= 11 is 0. The number of fused-ring (bicyclic) bond motifs is 1. The molecule has 1 aliphatic rings. The number of hydrogen-bond acceptors (Lipinski definition) is 3. The predicted octanol–water partition coefficient (Wildman–Crippen LogP) is 1.48. The highest BCUT2D eigenvalue weighted by atomic mass is 16.2. The van der Waals surface area contributed by atoms with Gasteiger partial charge in [-0.05, 0) is 17.7 Å². The first-order chi connectivity index (χ1) is 8.24. The first-order valence-corrected chi connectivity index (χ1v) is 4.72. The summed E-state index contributed by atoms with van der Waals surface area (Å²) < 4.78 is 0. The summed E-state index contributed by atoms with van der Waals surface area (Å²) in [6.07, 6.45) is 0. The van der Waals surface area contributed by atoms with Crippen LogP contribution in [0.5, 0.6) is 0 Å². The normalized spacial score (nSPS) is 12.0. The molecule has 2 rings (SSSR count). The molecule has 1 N–H and O–H groups in total. The molecule has 6 nitrogen and oxygen atoms in total. The van der Waals surface area contributed by atoms with Crippen LogP contribution in [0.25, 0.3) is 10.4 Å². The van der Waals surface area contributed by atoms with E-state index in [4.69, 9.17) is 5.53 Å². The molecular weight excluding hydrogens is 220 g/mol. The lowest BCUT2D eigenvalue weighted by Gasteiger charge is -1.97. The fraction of sp³-hybridized carbons (Fsp3) is 0.0909. The molecule has 1 aliphatic heterocycles. The minimum absolute atomic E-state index is 0.0235. The van der Waals surface area contributed by atoms with Crippen molar-refractivity contribution in [1.82, 2.24) is 0 Å². The number of carbonyl (C=O) groups excluding carboxylic acids is 2. The number of amides is 1. The van der Waals surface area contributed by atoms with E-state index in [0.29, 0.717) is 11.3 Å². The monoisotopic (exact) mass is 226 g/mol. The van der Waals surface area contributed by atoms with Crippen molar-refractivity contribution < 1.29 is 9.59 Å². The highest BCUT2D eigenvalue weighted by molar-refractivity contribution is 6.52. The zero-order valence-electron chi connectivity index (χ0n) is 8.60. The molecule has 0 bridgehead atoms. The van der Waals surface area contributed by atoms with Crippen LogP contribution in [0, 0.1) is 11.8 Å². The molecule has 0 saturated heterocycles. The van der Waals surface area contributed by atoms with E-state index in [1.165, 1.54) is 0 Å². The van der Waals surface area contributed by atoms with Gasteiger partial charge < -0.3 is 5.32 Å². The standard InChI is InChI=1S/C11H6N4O2/c12-15-13-6-2-4-7-3-1-5-8-9(7)10(16)11(17)14-8/h1,3,5H,6H2,(H,14,16,17). The molecule has 1 aromatic carbocycles. The number of anilines is 1. The van der Waals surface area contributed by atoms with Gasteiger partial charge in [0.2, 0.25) is 0 Å². The second-order valence-corrected chi connectivity index (χ2v) is 3.20. The van der Waals surface area contributed by atoms with E-state index in [2.05, 4.69) is 27.2 Å². The topological polar surface area (TPSA) is 94.9 Å². The average Bonchev–Trinajstić information content (AvgIpc) is 2.62. The van der Waals surface area contributed by atoms with Gasteiger partial charge in [-0.2, -0.15) is 0 Å². The zero-order valence-corrected chi connectivity index (χ0v) is 8.60. The van der Waals surface area contributed by atoms with Crippen LogP contribution >= 0.6 is 0 Å². The van der Waals surface area contributed by atoms with E-state index in [9.17, 15) is 9.59 Å². The fourth-order valence-corrected chi connectivity index (χ4v) is 1.50. The van der Waals surface area contributed by atoms with Gasteiger partial charge in [0.25, 0.3) is 11.7 Å². The Morgan fingerprint density at radius 2 is 2.24 bits per heavy atom. The maximum atomic E-state index is 11.5. The van der Waals surface area contributed by atoms with Gasteiger partial charge in [0.05, 0.1) is 17.8 Å². The van der Waals surface area contributed by atoms with Crippen molar-refractivity contribution in [3.63, 3.8) is 0 Å². The summed E-state index contributed by atoms with van der Waals surface area (Å²) in [5.74, 6) is 4.07. The van der Waals surface area contributed by atoms with Crippen molar-refractivity contribution in [2.75, 3.05) is 11.9 Å². The Morgan fingerprint density at radius 3 is 3.00 bits per heavy atom. The van der Waals surface area contributed by atoms with E-state index in [1.54, 1.807) is 18.2 Å². The molecule has 0 spiro atoms. The number of nitrogens with zero attached hydrogens (tertiary/aromatic N) is 3. The molecule has 0 unspecified atom stereocenters. The summed E-state index contributed by atoms with van der Waals surface area (Å²) in [4.78, 5) is 25.3. The molecule has 17 heavy (non-hydrogen) atoms. The van der Waals surface area contributed by atoms with Crippen LogP contribution in [0.15, 0.2) is 23.3 Å². The molecule has 0 radical (unpaired) electrons. The Hall–Kier alpha value is -2.77. The predicted molar refractivity (Wildman–Crippen MR) is 60.3 cm³/mol. The first-order valence-electron chi connectivity index (χ1n) is 4.72. The van der Waals surface area contributed by atoms with Crippen molar-refractivity contribution >= 4 is 17.4 Å². The van der Waals surface area contributed by atoms with Crippen LogP contribution in [0.1, 0.15) is 15.9 Å². The number of Topliss-reactive ketones (excluding diaryl/α,β-unsaturated/α-hetero) is 1. The average molecular weight is 226 g/mol. The lowest BCUT2D eigenvalue weighted by molar-refractivity contribution is -0.112. The summed E-state index contributed by atoms with van der Waals surface area (Å²) in [7, 11) is 0. The van der Waals surface area contributed by atoms with Crippen LogP contribution < -0.4 is 5.32 Å². The summed E-state index contributed by atoms with van der Waals surface area (Å²) in [5, 5.41) is 5.70. The minimum Gasteiger partial charge on any atom is -0.318 e. The zero-order chi connectivity index (χ0) is 12.3. The number of benzene rings is 1. The Morgan fingerprint density at radius 1 is 1.41 bits per heavy atom. The Kier molecular flexibility index (Phi) is 2.77. The van der Waals surface area contributed by atoms with Crippen molar-refractivity contribution in [3.05, 3.63) is 39.8 Å². The van der Waals surface area contributed by atoms with Gasteiger partial charge in [-0.3, -0.25) is 9.59 Å². The Balaban J connectivity index is 2.40. The molecule has 82 valence electrons. The van der Waals surface area contributed by atoms with Crippen LogP contribution in [0.2, 0.25) is 0 Å². The molecule has 1 aromatic rings. The van der Waals surface area contributed by atoms with Gasteiger partial charge in [-0.25, -0.2) is 0 Å². The highest BCUT2D eigenvalue weighted by Crippen LogP contribution is 2.25. The van der Waals surface area contributed by atoms with Crippen LogP contribution in [0.3, 0.4) is 0 Å². The van der Waals surface area contributed by atoms with Gasteiger partial charge >= 0.3 is 0 Å². The number of azide groups is 1. The Bertz CT molecular complexity index is 618. The summed E-state index contributed by atoms with van der Waals surface area (Å²) in [5.41, 5.74) is 9.29. The Labute approximate surface area is 96.3 Å². The lowest BCUT2D eigenvalue weighted by Crippen LogP contribution is -2.12. The number of hydrogen-bond donors (Lipinski definition) is 1. The SMILES string of the molecule is [N-]=[N+]=NCC#Cc1cccc2c1C(=O)C(=O)N2. The molecule has 0 fully saturated rings. The maximum Gasteiger partial charge on any atom is 0.296 e. The quantitative estimate of drug-likeness (QED) is 0.258. The minimum atomic E-state index is -0.649. The molecule has 0 aliphatic carbocycles. The van der Waals surface area contributed by atoms with Crippen molar-refractivity contribution in [1.29, 1.82) is 0 Å². The van der Waals surface area contributed by atoms with Crippen molar-refractivity contribution in [2.45, 2.75) is 0 Å². The van der Waals surface area contributed by atoms with Gasteiger partial charge in [0, 0.05) is 10.5 Å². The highest BCUT2D eigenvalue weighted by Gasteiger charge is 2.29. The summed E-state index contributed by atoms with van der Waals surface area (Å²) in [6.45, 7) is 0.0235. The largest absolute Gasteiger partial charge is 0.318 e. The van der Waals surface area contributed by atoms with E-state index >= 15 is 0 Å². The lowest BCUT2D eigenvalue weighted by atomic mass is 10.0. The van der Waals surface area contributed by atoms with Crippen LogP contribution in [0.4, 0.5) is 5.69 Å².